The van der Waals surface area contributed by atoms with Crippen molar-refractivity contribution in [2.75, 3.05) is 0 Å². The quantitative estimate of drug-likeness (QED) is 0.454. The van der Waals surface area contributed by atoms with Crippen LogP contribution < -0.4 is 0 Å². The third-order valence-electron chi connectivity index (χ3n) is 3.91. The molecule has 0 nitrogen and oxygen atoms in total. The maximum Gasteiger partial charge on any atom is 0.0199 e. The average Bonchev–Trinajstić information content (AvgIpc) is 3.07. The van der Waals surface area contributed by atoms with Crippen LogP contribution in [-0.2, 0) is 0 Å². The van der Waals surface area contributed by atoms with Gasteiger partial charge in [0.2, 0.25) is 0 Å². The molecule has 1 saturated carbocycles. The van der Waals surface area contributed by atoms with Crippen LogP contribution in [0, 0.1) is 5.41 Å². The van der Waals surface area contributed by atoms with E-state index in [9.17, 15) is 0 Å². The summed E-state index contributed by atoms with van der Waals surface area (Å²) in [4.78, 5) is 0. The lowest BCUT2D eigenvalue weighted by atomic mass is 9.71. The summed E-state index contributed by atoms with van der Waals surface area (Å²) in [5.74, 6) is 0. The lowest BCUT2D eigenvalue weighted by molar-refractivity contribution is 0.466. The first-order valence-corrected chi connectivity index (χ1v) is 9.00. The van der Waals surface area contributed by atoms with Gasteiger partial charge in [-0.1, -0.05) is 89.6 Å². The Morgan fingerprint density at radius 3 is 1.77 bits per heavy atom. The van der Waals surface area contributed by atoms with E-state index in [4.69, 9.17) is 0 Å². The zero-order valence-corrected chi connectivity index (χ0v) is 16.1. The molecule has 0 aromatic carbocycles. The highest BCUT2D eigenvalue weighted by Gasteiger charge is 2.37. The summed E-state index contributed by atoms with van der Waals surface area (Å²) in [6, 6.07) is 0. The highest BCUT2D eigenvalue weighted by atomic mass is 14.4. The predicted molar refractivity (Wildman–Crippen MR) is 105 cm³/mol. The summed E-state index contributed by atoms with van der Waals surface area (Å²) in [6.45, 7) is 18.3. The van der Waals surface area contributed by atoms with Gasteiger partial charge in [0.15, 0.2) is 0 Å². The number of hydrogen-bond donors (Lipinski definition) is 0. The maximum absolute atomic E-state index is 4.03. The average molecular weight is 303 g/mol. The normalized spacial score (nSPS) is 17.8. The van der Waals surface area contributed by atoms with Gasteiger partial charge in [-0.2, -0.15) is 0 Å². The summed E-state index contributed by atoms with van der Waals surface area (Å²) < 4.78 is 0. The zero-order chi connectivity index (χ0) is 17.4. The van der Waals surface area contributed by atoms with E-state index in [2.05, 4.69) is 63.8 Å². The third-order valence-corrected chi connectivity index (χ3v) is 3.91. The molecule has 0 aromatic rings. The summed E-state index contributed by atoms with van der Waals surface area (Å²) in [7, 11) is 0. The van der Waals surface area contributed by atoms with Crippen LogP contribution in [0.4, 0.5) is 0 Å². The van der Waals surface area contributed by atoms with Crippen molar-refractivity contribution in [3.8, 4) is 0 Å². The fourth-order valence-electron chi connectivity index (χ4n) is 3.06. The largest absolute Gasteiger partial charge is 0.0988 e. The van der Waals surface area contributed by atoms with Gasteiger partial charge < -0.3 is 0 Å². The molecule has 1 aliphatic rings. The van der Waals surface area contributed by atoms with Crippen molar-refractivity contribution in [3.63, 3.8) is 0 Å². The Morgan fingerprint density at radius 2 is 1.41 bits per heavy atom. The van der Waals surface area contributed by atoms with Crippen LogP contribution in [0.1, 0.15) is 74.1 Å². The van der Waals surface area contributed by atoms with Crippen LogP contribution >= 0.6 is 0 Å². The van der Waals surface area contributed by atoms with Crippen molar-refractivity contribution in [3.05, 3.63) is 60.3 Å². The first kappa shape index (κ1) is 23.0. The molecule has 0 heterocycles. The smallest absolute Gasteiger partial charge is 0.0199 e. The SMILES string of the molecule is C=C/C(=C\C=C/C)C1(C(/C=C\C)=C/C)CCCC1.CC.CC. The van der Waals surface area contributed by atoms with E-state index in [1.807, 2.05) is 33.8 Å². The summed E-state index contributed by atoms with van der Waals surface area (Å²) >= 11 is 0. The van der Waals surface area contributed by atoms with Gasteiger partial charge >= 0.3 is 0 Å². The minimum Gasteiger partial charge on any atom is -0.0988 e. The van der Waals surface area contributed by atoms with Gasteiger partial charge in [-0.25, -0.2) is 0 Å². The van der Waals surface area contributed by atoms with E-state index in [0.717, 1.165) is 0 Å². The fraction of sp³-hybridized carbons (Fsp3) is 0.545. The monoisotopic (exact) mass is 302 g/mol. The number of hydrogen-bond acceptors (Lipinski definition) is 0. The van der Waals surface area contributed by atoms with E-state index in [1.54, 1.807) is 0 Å². The summed E-state index contributed by atoms with van der Waals surface area (Å²) in [5, 5.41) is 0. The predicted octanol–water partition coefficient (Wildman–Crippen LogP) is 7.81. The topological polar surface area (TPSA) is 0 Å². The van der Waals surface area contributed by atoms with Crippen molar-refractivity contribution in [1.29, 1.82) is 0 Å². The van der Waals surface area contributed by atoms with Crippen molar-refractivity contribution in [2.45, 2.75) is 74.1 Å². The molecule has 0 unspecified atom stereocenters. The van der Waals surface area contributed by atoms with Crippen LogP contribution in [0.25, 0.3) is 0 Å². The van der Waals surface area contributed by atoms with Crippen LogP contribution in [-0.4, -0.2) is 0 Å². The molecular weight excluding hydrogens is 264 g/mol. The van der Waals surface area contributed by atoms with E-state index in [-0.39, 0.29) is 5.41 Å². The van der Waals surface area contributed by atoms with Crippen molar-refractivity contribution in [2.24, 2.45) is 5.41 Å². The van der Waals surface area contributed by atoms with E-state index in [0.29, 0.717) is 0 Å². The molecule has 1 fully saturated rings. The maximum atomic E-state index is 4.03. The lowest BCUT2D eigenvalue weighted by Crippen LogP contribution is -2.20. The molecule has 0 spiro atoms. The Morgan fingerprint density at radius 1 is 0.864 bits per heavy atom. The molecule has 0 heteroatoms. The van der Waals surface area contributed by atoms with Gasteiger partial charge in [0.1, 0.15) is 0 Å². The summed E-state index contributed by atoms with van der Waals surface area (Å²) in [5.41, 5.74) is 3.00. The minimum atomic E-state index is 0.197. The molecule has 0 aromatic heterocycles. The Labute approximate surface area is 140 Å². The fourth-order valence-corrected chi connectivity index (χ4v) is 3.06. The molecule has 0 N–H and O–H groups in total. The Kier molecular flexibility index (Phi) is 15.3. The standard InChI is InChI=1S/C18H26.2C2H6/c1-5-9-13-17(8-4)18(14-10-11-15-18)16(7-3)12-6-2;2*1-2/h5-9,12-13H,4,10-11,14-15H2,1-3H3;2*1-2H3/b9-5-,12-6-,16-7+,17-13+;;. The van der Waals surface area contributed by atoms with Crippen LogP contribution in [0.3, 0.4) is 0 Å². The Bertz CT molecular complexity index is 382. The van der Waals surface area contributed by atoms with Gasteiger partial charge in [-0.15, -0.1) is 0 Å². The van der Waals surface area contributed by atoms with Crippen LogP contribution in [0.5, 0.6) is 0 Å². The second-order valence-electron chi connectivity index (χ2n) is 4.89. The Balaban J connectivity index is 0. The molecule has 0 aliphatic heterocycles. The van der Waals surface area contributed by atoms with Crippen LogP contribution in [0.15, 0.2) is 60.3 Å². The van der Waals surface area contributed by atoms with Crippen molar-refractivity contribution in [1.82, 2.24) is 0 Å². The molecule has 0 bridgehead atoms. The van der Waals surface area contributed by atoms with Gasteiger partial charge in [0, 0.05) is 5.41 Å². The third kappa shape index (κ3) is 6.22. The van der Waals surface area contributed by atoms with E-state index < -0.39 is 0 Å². The van der Waals surface area contributed by atoms with E-state index >= 15 is 0 Å². The molecule has 0 amide bonds. The highest BCUT2D eigenvalue weighted by molar-refractivity contribution is 5.43. The van der Waals surface area contributed by atoms with Gasteiger partial charge in [-0.05, 0) is 44.8 Å². The van der Waals surface area contributed by atoms with Gasteiger partial charge in [0.05, 0.1) is 0 Å². The molecule has 0 radical (unpaired) electrons. The molecule has 1 aliphatic carbocycles. The molecular formula is C22H38. The zero-order valence-electron chi connectivity index (χ0n) is 16.1. The first-order chi connectivity index (χ1) is 10.7. The molecule has 1 rings (SSSR count). The highest BCUT2D eigenvalue weighted by Crippen LogP contribution is 2.50. The van der Waals surface area contributed by atoms with Gasteiger partial charge in [0.25, 0.3) is 0 Å². The second kappa shape index (κ2) is 14.6. The first-order valence-electron chi connectivity index (χ1n) is 9.00. The number of rotatable bonds is 5. The lowest BCUT2D eigenvalue weighted by Gasteiger charge is -2.32. The van der Waals surface area contributed by atoms with Crippen LogP contribution in [0.2, 0.25) is 0 Å². The number of allylic oxidation sites excluding steroid dienone is 9. The van der Waals surface area contributed by atoms with E-state index in [1.165, 1.54) is 36.8 Å². The summed E-state index contributed by atoms with van der Waals surface area (Å²) in [6.07, 6.45) is 20.3. The molecule has 0 atom stereocenters. The Hall–Kier alpha value is -1.30. The molecule has 0 saturated heterocycles. The van der Waals surface area contributed by atoms with Crippen molar-refractivity contribution >= 4 is 0 Å². The minimum absolute atomic E-state index is 0.197. The van der Waals surface area contributed by atoms with Crippen molar-refractivity contribution < 1.29 is 0 Å². The molecule has 126 valence electrons. The second-order valence-corrected chi connectivity index (χ2v) is 4.89. The molecule has 22 heavy (non-hydrogen) atoms. The van der Waals surface area contributed by atoms with Gasteiger partial charge in [-0.3, -0.25) is 0 Å².